The second kappa shape index (κ2) is 18.3. The van der Waals surface area contributed by atoms with Gasteiger partial charge in [-0.3, -0.25) is 0 Å². The van der Waals surface area contributed by atoms with E-state index >= 15 is 0 Å². The van der Waals surface area contributed by atoms with E-state index in [4.69, 9.17) is 4.74 Å². The second-order valence-electron chi connectivity index (χ2n) is 13.4. The molecule has 2 aromatic carbocycles. The van der Waals surface area contributed by atoms with Crippen LogP contribution in [0.4, 0.5) is 5.69 Å². The molecule has 0 saturated carbocycles. The number of halogens is 1. The van der Waals surface area contributed by atoms with Crippen LogP contribution in [-0.2, 0) is 9.84 Å². The van der Waals surface area contributed by atoms with Gasteiger partial charge in [0.25, 0.3) is 0 Å². The van der Waals surface area contributed by atoms with Crippen LogP contribution in [0.15, 0.2) is 47.4 Å². The van der Waals surface area contributed by atoms with Gasteiger partial charge >= 0.3 is 0 Å². The first kappa shape index (κ1) is 39.8. The van der Waals surface area contributed by atoms with Crippen LogP contribution in [0.5, 0.6) is 5.75 Å². The lowest BCUT2D eigenvalue weighted by molar-refractivity contribution is -0.923. The van der Waals surface area contributed by atoms with E-state index < -0.39 is 27.3 Å². The Balaban J connectivity index is 0.00000705. The van der Waals surface area contributed by atoms with Crippen LogP contribution in [0.1, 0.15) is 109 Å². The molecule has 256 valence electrons. The van der Waals surface area contributed by atoms with Crippen LogP contribution in [-0.4, -0.2) is 76.7 Å². The van der Waals surface area contributed by atoms with Crippen molar-refractivity contribution in [1.29, 1.82) is 0 Å². The summed E-state index contributed by atoms with van der Waals surface area (Å²) in [5.41, 5.74) is 1.82. The molecule has 1 aliphatic heterocycles. The van der Waals surface area contributed by atoms with Crippen LogP contribution < -0.4 is 33.6 Å². The molecule has 0 bridgehead atoms. The van der Waals surface area contributed by atoms with Crippen molar-refractivity contribution in [2.45, 2.75) is 109 Å². The number of aliphatic hydroxyl groups excluding tert-OH is 1. The Kier molecular flexibility index (Phi) is 16.2. The Morgan fingerprint density at radius 2 is 1.53 bits per heavy atom. The molecule has 0 unspecified atom stereocenters. The van der Waals surface area contributed by atoms with Crippen LogP contribution in [0.3, 0.4) is 0 Å². The van der Waals surface area contributed by atoms with Gasteiger partial charge in [-0.2, -0.15) is 0 Å². The van der Waals surface area contributed by atoms with Crippen molar-refractivity contribution >= 4 is 15.5 Å². The van der Waals surface area contributed by atoms with E-state index in [1.165, 1.54) is 37.1 Å². The topological polar surface area (TPSA) is 66.8 Å². The summed E-state index contributed by atoms with van der Waals surface area (Å²) in [6.07, 6.45) is 7.58. The summed E-state index contributed by atoms with van der Waals surface area (Å²) in [7, 11) is 0.303. The maximum Gasteiger partial charge on any atom is 0.179 e. The molecule has 0 saturated heterocycles. The number of ether oxygens (including phenoxy) is 1. The molecule has 2 atom stereocenters. The normalized spacial score (nSPS) is 18.8. The number of fused-ring (bicyclic) bond motifs is 1. The lowest BCUT2D eigenvalue weighted by Crippen LogP contribution is -3.00. The molecule has 8 heteroatoms. The Bertz CT molecular complexity index is 1260. The zero-order chi connectivity index (χ0) is 32.4. The standard InChI is InChI=1S/C37H61N2O4S.HI/c1-8-13-23-37(24-14-9-2)29-44(41,42)34-22-21-31(38(6)7)28-33(34)35(36(37)40)30-19-18-20-32(27-30)43-26-17-15-16-25-39(10-3,11-4)12-5;/h18-22,27-28,35-36,40H,8-17,23-26,29H2,1-7H3;1H/q+1;/p-1/t35-,36-;/m1./s1. The van der Waals surface area contributed by atoms with Crippen LogP contribution in [0, 0.1) is 5.41 Å². The summed E-state index contributed by atoms with van der Waals surface area (Å²) < 4.78 is 35.7. The third-order valence-corrected chi connectivity index (χ3v) is 12.4. The molecule has 0 radical (unpaired) electrons. The molecule has 0 aliphatic carbocycles. The Hall–Kier alpha value is -1.36. The number of nitrogens with zero attached hydrogens (tertiary/aromatic N) is 2. The fourth-order valence-corrected chi connectivity index (χ4v) is 9.44. The first-order valence-electron chi connectivity index (χ1n) is 17.3. The lowest BCUT2D eigenvalue weighted by atomic mass is 9.68. The van der Waals surface area contributed by atoms with Crippen molar-refractivity contribution in [3.8, 4) is 5.75 Å². The van der Waals surface area contributed by atoms with Gasteiger partial charge in [0.1, 0.15) is 5.75 Å². The molecule has 1 aliphatic rings. The molecule has 0 aromatic heterocycles. The molecule has 6 nitrogen and oxygen atoms in total. The summed E-state index contributed by atoms with van der Waals surface area (Å²) in [5.74, 6) is 0.291. The van der Waals surface area contributed by atoms with Gasteiger partial charge in [-0.25, -0.2) is 8.42 Å². The number of rotatable bonds is 18. The Morgan fingerprint density at radius 1 is 0.889 bits per heavy atom. The van der Waals surface area contributed by atoms with Crippen molar-refractivity contribution in [3.63, 3.8) is 0 Å². The van der Waals surface area contributed by atoms with Crippen molar-refractivity contribution < 1.29 is 46.7 Å². The molecule has 0 fully saturated rings. The van der Waals surface area contributed by atoms with Crippen LogP contribution in [0.2, 0.25) is 0 Å². The number of hydrogen-bond acceptors (Lipinski definition) is 5. The van der Waals surface area contributed by atoms with Crippen LogP contribution in [0.25, 0.3) is 0 Å². The Labute approximate surface area is 292 Å². The third-order valence-electron chi connectivity index (χ3n) is 10.4. The van der Waals surface area contributed by atoms with Gasteiger partial charge in [0, 0.05) is 31.1 Å². The van der Waals surface area contributed by atoms with E-state index in [-0.39, 0.29) is 29.7 Å². The minimum absolute atomic E-state index is 0. The minimum atomic E-state index is -3.62. The molecular formula is C37H61IN2O4S. The first-order valence-corrected chi connectivity index (χ1v) is 19.0. The molecule has 0 spiro atoms. The molecule has 2 aromatic rings. The maximum atomic E-state index is 14.1. The highest BCUT2D eigenvalue weighted by atomic mass is 127. The average Bonchev–Trinajstić information content (AvgIpc) is 3.09. The Morgan fingerprint density at radius 3 is 2.11 bits per heavy atom. The first-order chi connectivity index (χ1) is 21.0. The van der Waals surface area contributed by atoms with E-state index in [1.54, 1.807) is 6.07 Å². The lowest BCUT2D eigenvalue weighted by Gasteiger charge is -2.40. The number of hydrogen-bond donors (Lipinski definition) is 1. The van der Waals surface area contributed by atoms with Crippen molar-refractivity contribution in [1.82, 2.24) is 0 Å². The molecule has 1 N–H and O–H groups in total. The summed E-state index contributed by atoms with van der Waals surface area (Å²) in [4.78, 5) is 2.35. The van der Waals surface area contributed by atoms with Gasteiger partial charge in [-0.15, -0.1) is 0 Å². The molecule has 3 rings (SSSR count). The molecule has 45 heavy (non-hydrogen) atoms. The number of benzene rings is 2. The van der Waals surface area contributed by atoms with Gasteiger partial charge in [0.2, 0.25) is 0 Å². The smallest absolute Gasteiger partial charge is 0.179 e. The zero-order valence-corrected chi connectivity index (χ0v) is 32.1. The highest BCUT2D eigenvalue weighted by molar-refractivity contribution is 7.91. The van der Waals surface area contributed by atoms with Crippen molar-refractivity contribution in [2.75, 3.05) is 57.5 Å². The highest BCUT2D eigenvalue weighted by Crippen LogP contribution is 2.50. The van der Waals surface area contributed by atoms with Gasteiger partial charge < -0.3 is 43.2 Å². The molecule has 1 heterocycles. The molecular weight excluding hydrogens is 695 g/mol. The summed E-state index contributed by atoms with van der Waals surface area (Å²) in [6.45, 7) is 16.6. The van der Waals surface area contributed by atoms with E-state index in [1.807, 2.05) is 55.4 Å². The van der Waals surface area contributed by atoms with E-state index in [0.717, 1.165) is 55.5 Å². The minimum Gasteiger partial charge on any atom is -1.00 e. The summed E-state index contributed by atoms with van der Waals surface area (Å²) in [6, 6.07) is 13.7. The predicted octanol–water partition coefficient (Wildman–Crippen LogP) is 4.83. The largest absolute Gasteiger partial charge is 1.00 e. The zero-order valence-electron chi connectivity index (χ0n) is 29.2. The van der Waals surface area contributed by atoms with E-state index in [0.29, 0.717) is 29.9 Å². The third kappa shape index (κ3) is 9.83. The van der Waals surface area contributed by atoms with Crippen LogP contribution >= 0.6 is 0 Å². The number of aliphatic hydroxyl groups is 1. The monoisotopic (exact) mass is 756 g/mol. The van der Waals surface area contributed by atoms with E-state index in [2.05, 4.69) is 34.6 Å². The molecule has 0 amide bonds. The van der Waals surface area contributed by atoms with Gasteiger partial charge in [-0.1, -0.05) is 51.7 Å². The van der Waals surface area contributed by atoms with E-state index in [9.17, 15) is 13.5 Å². The van der Waals surface area contributed by atoms with Gasteiger partial charge in [0.05, 0.1) is 49.5 Å². The number of sulfone groups is 1. The number of quaternary nitrogens is 1. The second-order valence-corrected chi connectivity index (χ2v) is 15.3. The maximum absolute atomic E-state index is 14.1. The van der Waals surface area contributed by atoms with Crippen molar-refractivity contribution in [3.05, 3.63) is 53.6 Å². The van der Waals surface area contributed by atoms with Crippen molar-refractivity contribution in [2.24, 2.45) is 5.41 Å². The summed E-state index contributed by atoms with van der Waals surface area (Å²) in [5, 5.41) is 12.4. The summed E-state index contributed by atoms with van der Waals surface area (Å²) >= 11 is 0. The fourth-order valence-electron chi connectivity index (χ4n) is 7.25. The fraction of sp³-hybridized carbons (Fsp3) is 0.676. The predicted molar refractivity (Wildman–Crippen MR) is 185 cm³/mol. The highest BCUT2D eigenvalue weighted by Gasteiger charge is 2.49. The number of anilines is 1. The van der Waals surface area contributed by atoms with Gasteiger partial charge in [-0.05, 0) is 94.3 Å². The number of unbranched alkanes of at least 4 members (excludes halogenated alkanes) is 4. The quantitative estimate of drug-likeness (QED) is 0.134. The SMILES string of the molecule is CCCCC1(CCCC)CS(=O)(=O)c2ccc(N(C)C)cc2[C@@H](c2cccc(OCCCCC[N+](CC)(CC)CC)c2)[C@H]1O.[I-]. The average molecular weight is 757 g/mol. The van der Waals surface area contributed by atoms with Gasteiger partial charge in [0.15, 0.2) is 9.84 Å².